The van der Waals surface area contributed by atoms with E-state index in [1.807, 2.05) is 109 Å². The number of benzene rings is 6. The SMILES string of the molecule is O=c1c2cc(-c3ccc4c(c3)c3ccccc3n4-c3nc(-c4ccccc4)nc(-c4ccccc4)n3)ccc2nc2sc3ccccc3n12. The quantitative estimate of drug-likeness (QED) is 0.190. The average Bonchev–Trinajstić information content (AvgIpc) is 3.71. The summed E-state index contributed by atoms with van der Waals surface area (Å²) in [6.07, 6.45) is 0. The van der Waals surface area contributed by atoms with Gasteiger partial charge in [-0.05, 0) is 53.6 Å². The zero-order valence-corrected chi connectivity index (χ0v) is 26.7. The maximum absolute atomic E-state index is 13.9. The molecule has 0 aliphatic carbocycles. The van der Waals surface area contributed by atoms with Crippen molar-refractivity contribution in [2.24, 2.45) is 0 Å². The molecule has 8 heteroatoms. The van der Waals surface area contributed by atoms with E-state index in [0.717, 1.165) is 54.3 Å². The van der Waals surface area contributed by atoms with Gasteiger partial charge in [-0.25, -0.2) is 9.97 Å². The Hall–Kier alpha value is -6.51. The molecule has 0 aliphatic heterocycles. The Morgan fingerprint density at radius 3 is 1.80 bits per heavy atom. The van der Waals surface area contributed by atoms with Gasteiger partial charge >= 0.3 is 0 Å². The Labute approximate surface area is 283 Å². The predicted molar refractivity (Wildman–Crippen MR) is 198 cm³/mol. The first kappa shape index (κ1) is 27.6. The van der Waals surface area contributed by atoms with Crippen molar-refractivity contribution in [1.82, 2.24) is 28.9 Å². The van der Waals surface area contributed by atoms with Gasteiger partial charge in [-0.2, -0.15) is 9.97 Å². The van der Waals surface area contributed by atoms with Crippen LogP contribution in [-0.2, 0) is 0 Å². The van der Waals surface area contributed by atoms with Gasteiger partial charge in [0.05, 0.1) is 32.2 Å². The maximum Gasteiger partial charge on any atom is 0.266 e. The average molecular weight is 649 g/mol. The van der Waals surface area contributed by atoms with Crippen molar-refractivity contribution in [3.63, 3.8) is 0 Å². The lowest BCUT2D eigenvalue weighted by Crippen LogP contribution is -2.13. The molecule has 0 N–H and O–H groups in total. The van der Waals surface area contributed by atoms with Gasteiger partial charge in [0.25, 0.3) is 5.56 Å². The van der Waals surface area contributed by atoms with Gasteiger partial charge in [-0.15, -0.1) is 0 Å². The molecule has 0 saturated carbocycles. The van der Waals surface area contributed by atoms with E-state index in [4.69, 9.17) is 19.9 Å². The van der Waals surface area contributed by atoms with Crippen LogP contribution in [0.3, 0.4) is 0 Å². The summed E-state index contributed by atoms with van der Waals surface area (Å²) < 4.78 is 4.88. The maximum atomic E-state index is 13.9. The number of rotatable bonds is 4. The van der Waals surface area contributed by atoms with E-state index in [-0.39, 0.29) is 5.56 Å². The van der Waals surface area contributed by atoms with E-state index in [1.54, 1.807) is 4.40 Å². The van der Waals surface area contributed by atoms with Crippen molar-refractivity contribution in [2.75, 3.05) is 0 Å². The first-order valence-corrected chi connectivity index (χ1v) is 16.8. The monoisotopic (exact) mass is 648 g/mol. The molecule has 0 radical (unpaired) electrons. The van der Waals surface area contributed by atoms with Crippen molar-refractivity contribution in [2.45, 2.75) is 0 Å². The van der Waals surface area contributed by atoms with Gasteiger partial charge in [0, 0.05) is 21.9 Å². The highest BCUT2D eigenvalue weighted by atomic mass is 32.1. The molecule has 7 nitrogen and oxygen atoms in total. The minimum Gasteiger partial charge on any atom is -0.278 e. The highest BCUT2D eigenvalue weighted by Crippen LogP contribution is 2.36. The van der Waals surface area contributed by atoms with Gasteiger partial charge < -0.3 is 0 Å². The molecular formula is C41H24N6OS. The zero-order valence-electron chi connectivity index (χ0n) is 25.9. The first-order chi connectivity index (χ1) is 24.2. The third-order valence-electron chi connectivity index (χ3n) is 9.04. The zero-order chi connectivity index (χ0) is 32.5. The van der Waals surface area contributed by atoms with Gasteiger partial charge in [0.2, 0.25) is 5.95 Å². The van der Waals surface area contributed by atoms with Gasteiger partial charge in [0.1, 0.15) is 0 Å². The first-order valence-electron chi connectivity index (χ1n) is 15.9. The number of hydrogen-bond donors (Lipinski definition) is 0. The van der Waals surface area contributed by atoms with E-state index in [0.29, 0.717) is 33.5 Å². The lowest BCUT2D eigenvalue weighted by Gasteiger charge is -2.11. The van der Waals surface area contributed by atoms with Crippen LogP contribution in [0.1, 0.15) is 0 Å². The lowest BCUT2D eigenvalue weighted by atomic mass is 10.0. The highest BCUT2D eigenvalue weighted by Gasteiger charge is 2.19. The predicted octanol–water partition coefficient (Wildman–Crippen LogP) is 9.35. The van der Waals surface area contributed by atoms with Gasteiger partial charge in [-0.1, -0.05) is 114 Å². The van der Waals surface area contributed by atoms with Crippen LogP contribution in [0, 0.1) is 0 Å². The van der Waals surface area contributed by atoms with Crippen molar-refractivity contribution >= 4 is 59.2 Å². The van der Waals surface area contributed by atoms with Gasteiger partial charge in [-0.3, -0.25) is 13.8 Å². The summed E-state index contributed by atoms with van der Waals surface area (Å²) in [5, 5.41) is 2.73. The molecule has 0 saturated heterocycles. The minimum atomic E-state index is -0.0599. The molecule has 0 unspecified atom stereocenters. The normalized spacial score (nSPS) is 11.8. The molecule has 0 atom stereocenters. The number of fused-ring (bicyclic) bond motifs is 7. The number of thiazole rings is 1. The van der Waals surface area contributed by atoms with Crippen LogP contribution >= 0.6 is 11.3 Å². The van der Waals surface area contributed by atoms with Crippen LogP contribution in [-0.4, -0.2) is 28.9 Å². The van der Waals surface area contributed by atoms with E-state index < -0.39 is 0 Å². The Morgan fingerprint density at radius 2 is 1.06 bits per heavy atom. The molecule has 0 aliphatic rings. The molecule has 0 bridgehead atoms. The van der Waals surface area contributed by atoms with Crippen LogP contribution in [0.15, 0.2) is 150 Å². The molecule has 4 heterocycles. The van der Waals surface area contributed by atoms with Crippen molar-refractivity contribution in [3.05, 3.63) is 156 Å². The summed E-state index contributed by atoms with van der Waals surface area (Å²) >= 11 is 1.53. The van der Waals surface area contributed by atoms with Crippen LogP contribution < -0.4 is 5.56 Å². The highest BCUT2D eigenvalue weighted by molar-refractivity contribution is 7.23. The Balaban J connectivity index is 1.18. The topological polar surface area (TPSA) is 78.0 Å². The second kappa shape index (κ2) is 10.8. The van der Waals surface area contributed by atoms with Crippen molar-refractivity contribution < 1.29 is 0 Å². The molecule has 49 heavy (non-hydrogen) atoms. The summed E-state index contributed by atoms with van der Waals surface area (Å²) in [5.74, 6) is 1.76. The molecule has 10 rings (SSSR count). The summed E-state index contributed by atoms with van der Waals surface area (Å²) in [5.41, 5.74) is 7.26. The fraction of sp³-hybridized carbons (Fsp3) is 0. The summed E-state index contributed by atoms with van der Waals surface area (Å²) in [4.78, 5) is 34.4. The molecule has 0 fully saturated rings. The molecule has 0 amide bonds. The van der Waals surface area contributed by atoms with E-state index in [9.17, 15) is 4.79 Å². The van der Waals surface area contributed by atoms with E-state index >= 15 is 0 Å². The number of para-hydroxylation sites is 2. The second-order valence-electron chi connectivity index (χ2n) is 11.9. The van der Waals surface area contributed by atoms with Crippen molar-refractivity contribution in [1.29, 1.82) is 0 Å². The number of nitrogens with zero attached hydrogens (tertiary/aromatic N) is 6. The Kier molecular flexibility index (Phi) is 6.06. The molecule has 230 valence electrons. The number of aromatic nitrogens is 6. The molecule has 10 aromatic rings. The van der Waals surface area contributed by atoms with Crippen LogP contribution in [0.5, 0.6) is 0 Å². The van der Waals surface area contributed by atoms with Crippen LogP contribution in [0.2, 0.25) is 0 Å². The standard InChI is InChI=1S/C41H24N6OS/c48-39-31-24-27(19-21-32(31)42-41-47(39)35-17-9-10-18-36(35)49-41)28-20-22-34-30(23-28)29-15-7-8-16-33(29)46(34)40-44-37(25-11-3-1-4-12-25)43-38(45-40)26-13-5-2-6-14-26/h1-24H. The largest absolute Gasteiger partial charge is 0.278 e. The summed E-state index contributed by atoms with van der Waals surface area (Å²) in [6.45, 7) is 0. The minimum absolute atomic E-state index is 0.0599. The van der Waals surface area contributed by atoms with Crippen LogP contribution in [0.4, 0.5) is 0 Å². The van der Waals surface area contributed by atoms with Crippen molar-refractivity contribution in [3.8, 4) is 39.9 Å². The lowest BCUT2D eigenvalue weighted by molar-refractivity contribution is 0.953. The summed E-state index contributed by atoms with van der Waals surface area (Å²) in [6, 6.07) is 48.6. The van der Waals surface area contributed by atoms with Gasteiger partial charge in [0.15, 0.2) is 16.6 Å². The number of hydrogen-bond acceptors (Lipinski definition) is 6. The fourth-order valence-electron chi connectivity index (χ4n) is 6.72. The molecular weight excluding hydrogens is 625 g/mol. The third kappa shape index (κ3) is 4.38. The summed E-state index contributed by atoms with van der Waals surface area (Å²) in [7, 11) is 0. The van der Waals surface area contributed by atoms with E-state index in [2.05, 4.69) is 41.0 Å². The molecule has 4 aromatic heterocycles. The smallest absolute Gasteiger partial charge is 0.266 e. The molecule has 0 spiro atoms. The third-order valence-corrected chi connectivity index (χ3v) is 10.1. The van der Waals surface area contributed by atoms with E-state index in [1.165, 1.54) is 11.3 Å². The molecule has 6 aromatic carbocycles. The van der Waals surface area contributed by atoms with Crippen LogP contribution in [0.25, 0.3) is 87.7 Å². The Morgan fingerprint density at radius 1 is 0.469 bits per heavy atom. The Bertz CT molecular complexity index is 2910. The second-order valence-corrected chi connectivity index (χ2v) is 12.9. The fourth-order valence-corrected chi connectivity index (χ4v) is 7.74.